The molecule has 6 nitrogen and oxygen atoms in total. The van der Waals surface area contributed by atoms with Crippen molar-refractivity contribution in [3.05, 3.63) is 101 Å². The number of amides is 2. The predicted molar refractivity (Wildman–Crippen MR) is 121 cm³/mol. The molecule has 1 aliphatic heterocycles. The Balaban J connectivity index is 1.60. The molecule has 0 saturated heterocycles. The Kier molecular flexibility index (Phi) is 6.62. The highest BCUT2D eigenvalue weighted by molar-refractivity contribution is 7.90. The van der Waals surface area contributed by atoms with E-state index in [4.69, 9.17) is 0 Å². The molecule has 1 aliphatic rings. The lowest BCUT2D eigenvalue weighted by Crippen LogP contribution is -2.44. The van der Waals surface area contributed by atoms with E-state index in [-0.39, 0.29) is 12.5 Å². The van der Waals surface area contributed by atoms with Gasteiger partial charge in [-0.05, 0) is 53.9 Å². The first-order chi connectivity index (χ1) is 16.5. The molecule has 3 aromatic carbocycles. The van der Waals surface area contributed by atoms with E-state index >= 15 is 0 Å². The fourth-order valence-electron chi connectivity index (χ4n) is 3.72. The molecular weight excluding hydrogens is 486 g/mol. The lowest BCUT2D eigenvalue weighted by Gasteiger charge is -2.30. The largest absolute Gasteiger partial charge is 0.416 e. The smallest absolute Gasteiger partial charge is 0.246 e. The lowest BCUT2D eigenvalue weighted by atomic mass is 9.86. The second kappa shape index (κ2) is 9.49. The van der Waals surface area contributed by atoms with Crippen molar-refractivity contribution in [1.29, 1.82) is 0 Å². The van der Waals surface area contributed by atoms with Gasteiger partial charge in [0.15, 0.2) is 0 Å². The Morgan fingerprint density at radius 2 is 1.57 bits per heavy atom. The first-order valence-corrected chi connectivity index (χ1v) is 11.9. The zero-order valence-corrected chi connectivity index (χ0v) is 18.9. The molecule has 4 rings (SSSR count). The topological polar surface area (TPSA) is 78.8 Å². The average Bonchev–Trinajstić information content (AvgIpc) is 2.84. The summed E-state index contributed by atoms with van der Waals surface area (Å²) in [5, 5.41) is 5.31. The van der Waals surface area contributed by atoms with E-state index in [2.05, 4.69) is 5.10 Å². The van der Waals surface area contributed by atoms with E-state index in [1.807, 2.05) is 35.1 Å². The van der Waals surface area contributed by atoms with Gasteiger partial charge in [0.25, 0.3) is 10.0 Å². The Morgan fingerprint density at radius 3 is 2.17 bits per heavy atom. The van der Waals surface area contributed by atoms with Crippen LogP contribution in [0.4, 0.5) is 22.4 Å². The standard InChI is InChI=1S/C24H19F4N3O3S/c25-19-10-6-17(7-11-19)22-21(16-4-2-1-3-5-16)14-15-31(29-22)23(32)30-35(33,34)20-12-8-18(9-13-20)24(26,27)28/h1-13,21H,14-15H2,(H,30,32). The summed E-state index contributed by atoms with van der Waals surface area (Å²) in [6.45, 7) is 0.0820. The summed E-state index contributed by atoms with van der Waals surface area (Å²) in [6.07, 6.45) is -4.21. The van der Waals surface area contributed by atoms with Crippen LogP contribution in [0.1, 0.15) is 29.0 Å². The summed E-state index contributed by atoms with van der Waals surface area (Å²) in [5.74, 6) is -0.670. The minimum absolute atomic E-state index is 0.0820. The van der Waals surface area contributed by atoms with Gasteiger partial charge in [0.1, 0.15) is 5.82 Å². The van der Waals surface area contributed by atoms with Crippen LogP contribution in [0.15, 0.2) is 88.9 Å². The summed E-state index contributed by atoms with van der Waals surface area (Å²) in [4.78, 5) is 12.3. The molecule has 1 N–H and O–H groups in total. The van der Waals surface area contributed by atoms with E-state index in [9.17, 15) is 30.8 Å². The van der Waals surface area contributed by atoms with Crippen LogP contribution in [-0.4, -0.2) is 31.7 Å². The van der Waals surface area contributed by atoms with Crippen molar-refractivity contribution in [2.45, 2.75) is 23.4 Å². The van der Waals surface area contributed by atoms with Crippen molar-refractivity contribution < 1.29 is 30.8 Å². The van der Waals surface area contributed by atoms with E-state index in [0.717, 1.165) is 22.7 Å². The molecule has 0 aromatic heterocycles. The number of hydrogen-bond acceptors (Lipinski definition) is 4. The molecule has 0 fully saturated rings. The molecule has 35 heavy (non-hydrogen) atoms. The monoisotopic (exact) mass is 505 g/mol. The number of nitrogens with one attached hydrogen (secondary N) is 1. The highest BCUT2D eigenvalue weighted by Crippen LogP contribution is 2.31. The molecule has 11 heteroatoms. The third-order valence-corrected chi connectivity index (χ3v) is 6.81. The van der Waals surface area contributed by atoms with Gasteiger partial charge in [-0.3, -0.25) is 0 Å². The highest BCUT2D eigenvalue weighted by Gasteiger charge is 2.32. The minimum Gasteiger partial charge on any atom is -0.246 e. The second-order valence-electron chi connectivity index (χ2n) is 7.80. The number of halogens is 4. The Morgan fingerprint density at radius 1 is 0.943 bits per heavy atom. The lowest BCUT2D eigenvalue weighted by molar-refractivity contribution is -0.137. The van der Waals surface area contributed by atoms with Crippen LogP contribution >= 0.6 is 0 Å². The van der Waals surface area contributed by atoms with Gasteiger partial charge in [-0.2, -0.15) is 18.3 Å². The third-order valence-electron chi connectivity index (χ3n) is 5.48. The number of alkyl halides is 3. The maximum Gasteiger partial charge on any atom is 0.416 e. The molecular formula is C24H19F4N3O3S. The van der Waals surface area contributed by atoms with Crippen LogP contribution in [0.5, 0.6) is 0 Å². The van der Waals surface area contributed by atoms with Gasteiger partial charge < -0.3 is 0 Å². The number of nitrogens with zero attached hydrogens (tertiary/aromatic N) is 2. The summed E-state index contributed by atoms with van der Waals surface area (Å²) in [7, 11) is -4.45. The number of sulfonamides is 1. The Hall–Kier alpha value is -3.73. The highest BCUT2D eigenvalue weighted by atomic mass is 32.2. The van der Waals surface area contributed by atoms with Gasteiger partial charge in [-0.25, -0.2) is 27.3 Å². The van der Waals surface area contributed by atoms with Crippen LogP contribution in [0, 0.1) is 5.82 Å². The van der Waals surface area contributed by atoms with Gasteiger partial charge in [0.2, 0.25) is 0 Å². The minimum atomic E-state index is -4.62. The van der Waals surface area contributed by atoms with Crippen molar-refractivity contribution in [2.75, 3.05) is 6.54 Å². The van der Waals surface area contributed by atoms with E-state index in [1.54, 1.807) is 0 Å². The molecule has 0 bridgehead atoms. The van der Waals surface area contributed by atoms with Gasteiger partial charge in [0, 0.05) is 12.5 Å². The quantitative estimate of drug-likeness (QED) is 0.499. The fourth-order valence-corrected chi connectivity index (χ4v) is 4.67. The van der Waals surface area contributed by atoms with Gasteiger partial charge >= 0.3 is 12.2 Å². The van der Waals surface area contributed by atoms with Gasteiger partial charge in [-0.1, -0.05) is 42.5 Å². The molecule has 2 amide bonds. The molecule has 1 unspecified atom stereocenters. The van der Waals surface area contributed by atoms with E-state index in [0.29, 0.717) is 29.8 Å². The van der Waals surface area contributed by atoms with Crippen LogP contribution < -0.4 is 4.72 Å². The first kappa shape index (κ1) is 24.4. The van der Waals surface area contributed by atoms with Crippen LogP contribution in [0.2, 0.25) is 0 Å². The summed E-state index contributed by atoms with van der Waals surface area (Å²) in [6, 6.07) is 16.6. The number of carbonyl (C=O) groups excluding carboxylic acids is 1. The number of carbonyl (C=O) groups is 1. The van der Waals surface area contributed by atoms with E-state index < -0.39 is 38.5 Å². The summed E-state index contributed by atoms with van der Waals surface area (Å²) in [5.41, 5.74) is 0.917. The Labute approximate surface area is 198 Å². The summed E-state index contributed by atoms with van der Waals surface area (Å²) < 4.78 is 78.8. The summed E-state index contributed by atoms with van der Waals surface area (Å²) >= 11 is 0. The van der Waals surface area contributed by atoms with Gasteiger partial charge in [-0.15, -0.1) is 0 Å². The number of hydrazone groups is 1. The Bertz CT molecular complexity index is 1340. The molecule has 1 atom stereocenters. The fraction of sp³-hybridized carbons (Fsp3) is 0.167. The molecule has 0 radical (unpaired) electrons. The number of hydrogen-bond donors (Lipinski definition) is 1. The molecule has 182 valence electrons. The van der Waals surface area contributed by atoms with Crippen molar-refractivity contribution in [1.82, 2.24) is 9.73 Å². The van der Waals surface area contributed by atoms with Gasteiger partial charge in [0.05, 0.1) is 16.2 Å². The molecule has 1 heterocycles. The maximum atomic E-state index is 13.5. The zero-order chi connectivity index (χ0) is 25.2. The van der Waals surface area contributed by atoms with Crippen molar-refractivity contribution in [3.8, 4) is 0 Å². The molecule has 3 aromatic rings. The SMILES string of the molecule is O=C(NS(=O)(=O)c1ccc(C(F)(F)F)cc1)N1CCC(c2ccccc2)C(c2ccc(F)cc2)=N1. The second-order valence-corrected chi connectivity index (χ2v) is 9.48. The first-order valence-electron chi connectivity index (χ1n) is 10.5. The number of benzene rings is 3. The van der Waals surface area contributed by atoms with Crippen molar-refractivity contribution in [3.63, 3.8) is 0 Å². The van der Waals surface area contributed by atoms with E-state index in [1.165, 1.54) is 24.3 Å². The third kappa shape index (κ3) is 5.51. The number of rotatable bonds is 4. The molecule has 0 saturated carbocycles. The maximum absolute atomic E-state index is 13.5. The predicted octanol–water partition coefficient (Wildman–Crippen LogP) is 5.14. The number of urea groups is 1. The molecule has 0 aliphatic carbocycles. The zero-order valence-electron chi connectivity index (χ0n) is 18.0. The average molecular weight is 505 g/mol. The molecule has 0 spiro atoms. The van der Waals surface area contributed by atoms with Crippen LogP contribution in [0.25, 0.3) is 0 Å². The normalized spacial score (nSPS) is 16.5. The van der Waals surface area contributed by atoms with Crippen molar-refractivity contribution in [2.24, 2.45) is 5.10 Å². The van der Waals surface area contributed by atoms with Crippen LogP contribution in [-0.2, 0) is 16.2 Å². The van der Waals surface area contributed by atoms with Crippen molar-refractivity contribution >= 4 is 21.8 Å². The van der Waals surface area contributed by atoms with Crippen LogP contribution in [0.3, 0.4) is 0 Å².